The zero-order valence-corrected chi connectivity index (χ0v) is 32.2. The van der Waals surface area contributed by atoms with Crippen molar-refractivity contribution in [2.75, 3.05) is 13.2 Å². The molecule has 0 aliphatic heterocycles. The number of allylic oxidation sites excluding steroid dienone is 12. The second-order valence-corrected chi connectivity index (χ2v) is 13.8. The van der Waals surface area contributed by atoms with Gasteiger partial charge in [-0.2, -0.15) is 0 Å². The number of ether oxygens (including phenoxy) is 2. The number of phosphoric acid groups is 1. The van der Waals surface area contributed by atoms with Gasteiger partial charge in [-0.25, -0.2) is 4.57 Å². The number of phosphoric ester groups is 1. The lowest BCUT2D eigenvalue weighted by Crippen LogP contribution is -2.29. The molecule has 0 spiro atoms. The molecule has 0 aromatic carbocycles. The number of hydrogen-bond acceptors (Lipinski definition) is 6. The van der Waals surface area contributed by atoms with Gasteiger partial charge in [0, 0.05) is 12.8 Å². The van der Waals surface area contributed by atoms with E-state index in [1.54, 1.807) is 0 Å². The van der Waals surface area contributed by atoms with E-state index >= 15 is 0 Å². The zero-order valence-electron chi connectivity index (χ0n) is 31.3. The Morgan fingerprint density at radius 3 is 1.44 bits per heavy atom. The molecule has 0 aliphatic rings. The molecule has 0 aromatic rings. The maximum absolute atomic E-state index is 12.4. The minimum atomic E-state index is -4.77. The van der Waals surface area contributed by atoms with Crippen molar-refractivity contribution < 1.29 is 37.9 Å². The predicted octanol–water partition coefficient (Wildman–Crippen LogP) is 11.5. The fourth-order valence-electron chi connectivity index (χ4n) is 4.86. The highest BCUT2D eigenvalue weighted by molar-refractivity contribution is 7.46. The highest BCUT2D eigenvalue weighted by atomic mass is 31.2. The van der Waals surface area contributed by atoms with Gasteiger partial charge in [0.2, 0.25) is 0 Å². The SMILES string of the molecule is CC/C=C\C/C=C\C/C=C\CCCCCCCC(=O)O[C@H](COC(=O)CCCCCC/C=C\C/C=C\C/C=C\CCCCC)COP(=O)(O)O. The first-order valence-electron chi connectivity index (χ1n) is 19.2. The van der Waals surface area contributed by atoms with Gasteiger partial charge in [0.1, 0.15) is 6.61 Å². The Morgan fingerprint density at radius 1 is 0.540 bits per heavy atom. The lowest BCUT2D eigenvalue weighted by molar-refractivity contribution is -0.161. The third kappa shape index (κ3) is 38.3. The number of carbonyl (C=O) groups is 2. The van der Waals surface area contributed by atoms with E-state index in [-0.39, 0.29) is 19.4 Å². The minimum Gasteiger partial charge on any atom is -0.462 e. The van der Waals surface area contributed by atoms with Gasteiger partial charge in [0.05, 0.1) is 6.61 Å². The van der Waals surface area contributed by atoms with Gasteiger partial charge < -0.3 is 19.3 Å². The van der Waals surface area contributed by atoms with Gasteiger partial charge in [-0.15, -0.1) is 0 Å². The van der Waals surface area contributed by atoms with Crippen molar-refractivity contribution in [3.05, 3.63) is 72.9 Å². The summed E-state index contributed by atoms with van der Waals surface area (Å²) >= 11 is 0. The summed E-state index contributed by atoms with van der Waals surface area (Å²) in [6.07, 6.45) is 46.2. The van der Waals surface area contributed by atoms with Gasteiger partial charge in [-0.05, 0) is 83.5 Å². The third-order valence-corrected chi connectivity index (χ3v) is 8.19. The van der Waals surface area contributed by atoms with Crippen LogP contribution in [-0.2, 0) is 28.2 Å². The molecule has 0 rings (SSSR count). The first-order valence-corrected chi connectivity index (χ1v) is 20.8. The summed E-state index contributed by atoms with van der Waals surface area (Å²) in [6, 6.07) is 0. The number of rotatable bonds is 34. The van der Waals surface area contributed by atoms with Crippen molar-refractivity contribution in [1.82, 2.24) is 0 Å². The molecule has 0 saturated carbocycles. The molecular weight excluding hydrogens is 651 g/mol. The van der Waals surface area contributed by atoms with E-state index in [0.29, 0.717) is 12.8 Å². The third-order valence-electron chi connectivity index (χ3n) is 7.71. The number of carbonyl (C=O) groups excluding carboxylic acids is 2. The summed E-state index contributed by atoms with van der Waals surface area (Å²) in [6.45, 7) is 3.49. The summed E-state index contributed by atoms with van der Waals surface area (Å²) in [5.74, 6) is -0.937. The summed E-state index contributed by atoms with van der Waals surface area (Å²) in [7, 11) is -4.77. The second-order valence-electron chi connectivity index (χ2n) is 12.5. The summed E-state index contributed by atoms with van der Waals surface area (Å²) in [4.78, 5) is 42.7. The fourth-order valence-corrected chi connectivity index (χ4v) is 5.22. The van der Waals surface area contributed by atoms with E-state index in [1.165, 1.54) is 25.7 Å². The van der Waals surface area contributed by atoms with Crippen LogP contribution in [0.1, 0.15) is 155 Å². The molecule has 8 nitrogen and oxygen atoms in total. The molecule has 0 radical (unpaired) electrons. The molecule has 0 aromatic heterocycles. The van der Waals surface area contributed by atoms with E-state index < -0.39 is 32.5 Å². The van der Waals surface area contributed by atoms with E-state index in [1.807, 2.05) is 0 Å². The Bertz CT molecular complexity index is 1040. The van der Waals surface area contributed by atoms with Gasteiger partial charge in [-0.1, -0.05) is 132 Å². The fraction of sp³-hybridized carbons (Fsp3) is 0.659. The molecule has 9 heteroatoms. The molecule has 0 amide bonds. The predicted molar refractivity (Wildman–Crippen MR) is 207 cm³/mol. The van der Waals surface area contributed by atoms with Gasteiger partial charge in [0.15, 0.2) is 6.10 Å². The number of esters is 2. The Hall–Kier alpha value is -2.51. The first kappa shape index (κ1) is 47.5. The summed E-state index contributed by atoms with van der Waals surface area (Å²) in [5, 5.41) is 0. The minimum absolute atomic E-state index is 0.183. The van der Waals surface area contributed by atoms with Crippen LogP contribution in [0.15, 0.2) is 72.9 Å². The largest absolute Gasteiger partial charge is 0.469 e. The van der Waals surface area contributed by atoms with Crippen LogP contribution >= 0.6 is 7.82 Å². The van der Waals surface area contributed by atoms with Gasteiger partial charge >= 0.3 is 19.8 Å². The van der Waals surface area contributed by atoms with Crippen molar-refractivity contribution in [2.45, 2.75) is 161 Å². The van der Waals surface area contributed by atoms with Crippen molar-refractivity contribution in [3.63, 3.8) is 0 Å². The molecule has 0 bridgehead atoms. The van der Waals surface area contributed by atoms with E-state index in [0.717, 1.165) is 89.9 Å². The quantitative estimate of drug-likeness (QED) is 0.0292. The number of hydrogen-bond donors (Lipinski definition) is 2. The monoisotopic (exact) mass is 720 g/mol. The maximum Gasteiger partial charge on any atom is 0.469 e. The van der Waals surface area contributed by atoms with Crippen LogP contribution in [-0.4, -0.2) is 41.0 Å². The van der Waals surface area contributed by atoms with Crippen LogP contribution in [0.4, 0.5) is 0 Å². The molecule has 286 valence electrons. The van der Waals surface area contributed by atoms with Crippen LogP contribution < -0.4 is 0 Å². The van der Waals surface area contributed by atoms with E-state index in [9.17, 15) is 14.2 Å². The molecule has 0 fully saturated rings. The van der Waals surface area contributed by atoms with Gasteiger partial charge in [-0.3, -0.25) is 14.1 Å². The van der Waals surface area contributed by atoms with Crippen LogP contribution in [0.25, 0.3) is 0 Å². The van der Waals surface area contributed by atoms with Crippen molar-refractivity contribution in [1.29, 1.82) is 0 Å². The zero-order chi connectivity index (χ0) is 36.8. The molecule has 0 heterocycles. The smallest absolute Gasteiger partial charge is 0.462 e. The summed E-state index contributed by atoms with van der Waals surface area (Å²) in [5.41, 5.74) is 0. The molecule has 0 aliphatic carbocycles. The van der Waals surface area contributed by atoms with Gasteiger partial charge in [0.25, 0.3) is 0 Å². The summed E-state index contributed by atoms with van der Waals surface area (Å²) < 4.78 is 26.3. The van der Waals surface area contributed by atoms with Crippen LogP contribution in [0.3, 0.4) is 0 Å². The molecule has 0 saturated heterocycles. The topological polar surface area (TPSA) is 119 Å². The second kappa shape index (κ2) is 36.3. The Kier molecular flexibility index (Phi) is 34.5. The lowest BCUT2D eigenvalue weighted by Gasteiger charge is -2.18. The van der Waals surface area contributed by atoms with Crippen molar-refractivity contribution in [3.8, 4) is 0 Å². The maximum atomic E-state index is 12.4. The average molecular weight is 721 g/mol. The van der Waals surface area contributed by atoms with E-state index in [4.69, 9.17) is 19.3 Å². The highest BCUT2D eigenvalue weighted by Gasteiger charge is 2.22. The van der Waals surface area contributed by atoms with Crippen molar-refractivity contribution in [2.24, 2.45) is 0 Å². The first-order chi connectivity index (χ1) is 24.3. The molecule has 2 N–H and O–H groups in total. The number of unbranched alkanes of at least 4 members (excludes halogenated alkanes) is 12. The molecule has 1 atom stereocenters. The van der Waals surface area contributed by atoms with Crippen molar-refractivity contribution >= 4 is 19.8 Å². The highest BCUT2D eigenvalue weighted by Crippen LogP contribution is 2.36. The Morgan fingerprint density at radius 2 is 0.960 bits per heavy atom. The molecule has 0 unspecified atom stereocenters. The normalized spacial score (nSPS) is 13.3. The Labute approximate surface area is 304 Å². The van der Waals surface area contributed by atoms with E-state index in [2.05, 4.69) is 91.3 Å². The average Bonchev–Trinajstić information content (AvgIpc) is 3.08. The molecule has 50 heavy (non-hydrogen) atoms. The lowest BCUT2D eigenvalue weighted by atomic mass is 10.1. The standard InChI is InChI=1S/C41H69O8P/c1-3-5-7-9-11-13-15-17-19-20-22-23-25-27-29-31-33-35-40(42)47-37-39(38-48-50(44,45)46)49-41(43)36-34-32-30-28-26-24-21-18-16-14-12-10-8-6-4-2/h6,8,11-14,17-19,21-23,39H,3-5,7,9-10,15-16,20,24-38H2,1-2H3,(H2,44,45,46)/b8-6-,13-11-,14-12-,19-17-,21-18-,23-22-/t39-/m1/s1. The van der Waals surface area contributed by atoms with Crippen LogP contribution in [0.5, 0.6) is 0 Å². The van der Waals surface area contributed by atoms with Crippen LogP contribution in [0, 0.1) is 0 Å². The molecular formula is C41H69O8P. The van der Waals surface area contributed by atoms with Crippen LogP contribution in [0.2, 0.25) is 0 Å². The Balaban J connectivity index is 4.05.